The lowest BCUT2D eigenvalue weighted by atomic mass is 9.94. The molecule has 0 radical (unpaired) electrons. The number of amides is 2. The predicted octanol–water partition coefficient (Wildman–Crippen LogP) is 7.28. The molecule has 1 aliphatic carbocycles. The highest BCUT2D eigenvalue weighted by molar-refractivity contribution is 6.16. The summed E-state index contributed by atoms with van der Waals surface area (Å²) in [5.41, 5.74) is 3.43. The molecule has 0 unspecified atom stereocenters. The fraction of sp³-hybridized carbons (Fsp3) is 0.275. The number of ether oxygens (including phenoxy) is 1. The summed E-state index contributed by atoms with van der Waals surface area (Å²) in [6.07, 6.45) is 5.13. The van der Waals surface area contributed by atoms with Crippen molar-refractivity contribution in [3.8, 4) is 0 Å². The van der Waals surface area contributed by atoms with Gasteiger partial charge in [0.1, 0.15) is 11.7 Å². The third kappa shape index (κ3) is 6.99. The molecule has 1 fully saturated rings. The van der Waals surface area contributed by atoms with Crippen LogP contribution < -0.4 is 10.2 Å². The molecule has 0 spiro atoms. The number of hydrogen-bond donors (Lipinski definition) is 1. The fourth-order valence-electron chi connectivity index (χ4n) is 6.82. The third-order valence-corrected chi connectivity index (χ3v) is 8.96. The molecule has 240 valence electrons. The number of anilines is 1. The summed E-state index contributed by atoms with van der Waals surface area (Å²) in [6.45, 7) is 2.11. The first-order valence-electron chi connectivity index (χ1n) is 16.6. The summed E-state index contributed by atoms with van der Waals surface area (Å²) >= 11 is 0. The predicted molar refractivity (Wildman–Crippen MR) is 183 cm³/mol. The molecule has 2 amide bonds. The van der Waals surface area contributed by atoms with Crippen LogP contribution >= 0.6 is 0 Å². The van der Waals surface area contributed by atoms with E-state index in [1.807, 2.05) is 126 Å². The standard InChI is InChI=1S/C40H41N3O4/c1-2-47-40(46)34-35(30-20-10-4-11-21-30)43(33-26-16-7-17-27-33)39(45)37(34)42(28-29-18-8-3-9-19-29)36(31-22-12-5-13-23-31)38(44)41-32-24-14-6-15-25-32/h3-5,7-13,16-23,26-27,32,35-36H,2,6,14-15,24-25,28H2,1H3,(H,41,44)/t35-,36+/m1/s1. The van der Waals surface area contributed by atoms with Crippen LogP contribution in [0.15, 0.2) is 133 Å². The summed E-state index contributed by atoms with van der Waals surface area (Å²) < 4.78 is 5.71. The number of hydrogen-bond acceptors (Lipinski definition) is 5. The van der Waals surface area contributed by atoms with E-state index in [0.29, 0.717) is 5.69 Å². The van der Waals surface area contributed by atoms with Crippen molar-refractivity contribution >= 4 is 23.5 Å². The quantitative estimate of drug-likeness (QED) is 0.177. The SMILES string of the molecule is CCOC(=O)C1=C(N(Cc2ccccc2)[C@H](C(=O)NC2CCCCC2)c2ccccc2)C(=O)N(c2ccccc2)[C@@H]1c1ccccc1. The van der Waals surface area contributed by atoms with E-state index in [0.717, 1.165) is 48.8 Å². The number of benzene rings is 4. The van der Waals surface area contributed by atoms with E-state index >= 15 is 4.79 Å². The second kappa shape index (κ2) is 14.9. The first-order valence-corrected chi connectivity index (χ1v) is 16.6. The normalized spacial score (nSPS) is 17.3. The van der Waals surface area contributed by atoms with Gasteiger partial charge in [0.25, 0.3) is 5.91 Å². The first kappa shape index (κ1) is 31.8. The Kier molecular flexibility index (Phi) is 10.1. The molecule has 1 aliphatic heterocycles. The molecule has 0 aromatic heterocycles. The van der Waals surface area contributed by atoms with Crippen LogP contribution in [0.4, 0.5) is 5.69 Å². The minimum atomic E-state index is -0.895. The molecule has 0 bridgehead atoms. The molecule has 4 aromatic carbocycles. The fourth-order valence-corrected chi connectivity index (χ4v) is 6.82. The van der Waals surface area contributed by atoms with E-state index in [9.17, 15) is 9.59 Å². The Balaban J connectivity index is 1.58. The maximum atomic E-state index is 15.1. The average Bonchev–Trinajstić information content (AvgIpc) is 3.42. The van der Waals surface area contributed by atoms with Crippen LogP contribution in [0, 0.1) is 0 Å². The van der Waals surface area contributed by atoms with Crippen molar-refractivity contribution in [1.82, 2.24) is 10.2 Å². The van der Waals surface area contributed by atoms with Crippen molar-refractivity contribution in [3.63, 3.8) is 0 Å². The van der Waals surface area contributed by atoms with Gasteiger partial charge in [0.2, 0.25) is 5.91 Å². The largest absolute Gasteiger partial charge is 0.463 e. The molecule has 0 saturated heterocycles. The Hall–Kier alpha value is -5.17. The van der Waals surface area contributed by atoms with Gasteiger partial charge in [-0.25, -0.2) is 4.79 Å². The van der Waals surface area contributed by atoms with Gasteiger partial charge in [-0.15, -0.1) is 0 Å². The molecule has 1 saturated carbocycles. The Morgan fingerprint density at radius 2 is 1.38 bits per heavy atom. The zero-order valence-corrected chi connectivity index (χ0v) is 26.8. The lowest BCUT2D eigenvalue weighted by Gasteiger charge is -2.35. The van der Waals surface area contributed by atoms with E-state index in [1.54, 1.807) is 11.8 Å². The first-order chi connectivity index (χ1) is 23.1. The van der Waals surface area contributed by atoms with Crippen LogP contribution in [0.25, 0.3) is 0 Å². The third-order valence-electron chi connectivity index (χ3n) is 8.96. The zero-order chi connectivity index (χ0) is 32.6. The highest BCUT2D eigenvalue weighted by Crippen LogP contribution is 2.45. The number of nitrogens with zero attached hydrogens (tertiary/aromatic N) is 2. The Morgan fingerprint density at radius 3 is 2.00 bits per heavy atom. The minimum absolute atomic E-state index is 0.0525. The molecular weight excluding hydrogens is 586 g/mol. The Bertz CT molecular complexity index is 1690. The molecule has 2 aliphatic rings. The van der Waals surface area contributed by atoms with Crippen molar-refractivity contribution in [2.45, 2.75) is 63.7 Å². The van der Waals surface area contributed by atoms with Crippen LogP contribution in [0.5, 0.6) is 0 Å². The van der Waals surface area contributed by atoms with Crippen molar-refractivity contribution in [2.24, 2.45) is 0 Å². The van der Waals surface area contributed by atoms with Crippen molar-refractivity contribution in [1.29, 1.82) is 0 Å². The highest BCUT2D eigenvalue weighted by atomic mass is 16.5. The van der Waals surface area contributed by atoms with E-state index in [2.05, 4.69) is 5.32 Å². The van der Waals surface area contributed by atoms with Crippen LogP contribution in [-0.4, -0.2) is 35.3 Å². The number of rotatable bonds is 11. The van der Waals surface area contributed by atoms with Crippen molar-refractivity contribution in [3.05, 3.63) is 149 Å². The van der Waals surface area contributed by atoms with Gasteiger partial charge in [0.05, 0.1) is 18.2 Å². The maximum Gasteiger partial charge on any atom is 0.338 e. The molecule has 1 heterocycles. The van der Waals surface area contributed by atoms with Gasteiger partial charge < -0.3 is 15.0 Å². The minimum Gasteiger partial charge on any atom is -0.463 e. The second-order valence-corrected chi connectivity index (χ2v) is 12.1. The van der Waals surface area contributed by atoms with Crippen LogP contribution in [0.3, 0.4) is 0 Å². The van der Waals surface area contributed by atoms with Crippen LogP contribution in [-0.2, 0) is 25.7 Å². The summed E-state index contributed by atoms with van der Waals surface area (Å²) in [6, 6.07) is 36.6. The summed E-state index contributed by atoms with van der Waals surface area (Å²) in [5, 5.41) is 3.33. The number of nitrogens with one attached hydrogen (secondary N) is 1. The van der Waals surface area contributed by atoms with Crippen molar-refractivity contribution < 1.29 is 19.1 Å². The van der Waals surface area contributed by atoms with Gasteiger partial charge in [-0.3, -0.25) is 14.5 Å². The van der Waals surface area contributed by atoms with Gasteiger partial charge in [0, 0.05) is 18.3 Å². The van der Waals surface area contributed by atoms with E-state index < -0.39 is 18.1 Å². The maximum absolute atomic E-state index is 15.1. The molecule has 7 nitrogen and oxygen atoms in total. The molecular formula is C40H41N3O4. The van der Waals surface area contributed by atoms with Crippen LogP contribution in [0.1, 0.15) is 67.8 Å². The summed E-state index contributed by atoms with van der Waals surface area (Å²) in [4.78, 5) is 47.3. The lowest BCUT2D eigenvalue weighted by molar-refractivity contribution is -0.139. The number of para-hydroxylation sites is 1. The number of carbonyl (C=O) groups excluding carboxylic acids is 3. The topological polar surface area (TPSA) is 79.0 Å². The van der Waals surface area contributed by atoms with Crippen molar-refractivity contribution in [2.75, 3.05) is 11.5 Å². The van der Waals surface area contributed by atoms with E-state index in [4.69, 9.17) is 4.74 Å². The summed E-state index contributed by atoms with van der Waals surface area (Å²) in [7, 11) is 0. The Morgan fingerprint density at radius 1 is 0.809 bits per heavy atom. The molecule has 1 N–H and O–H groups in total. The smallest absolute Gasteiger partial charge is 0.338 e. The van der Waals surface area contributed by atoms with E-state index in [-0.39, 0.29) is 42.3 Å². The molecule has 7 heteroatoms. The van der Waals surface area contributed by atoms with E-state index in [1.165, 1.54) is 0 Å². The van der Waals surface area contributed by atoms with Gasteiger partial charge in [-0.2, -0.15) is 0 Å². The second-order valence-electron chi connectivity index (χ2n) is 12.1. The molecule has 2 atom stereocenters. The van der Waals surface area contributed by atoms with Gasteiger partial charge in [0.15, 0.2) is 0 Å². The molecule has 6 rings (SSSR count). The number of carbonyl (C=O) groups is 3. The summed E-state index contributed by atoms with van der Waals surface area (Å²) in [5.74, 6) is -1.15. The monoisotopic (exact) mass is 627 g/mol. The van der Waals surface area contributed by atoms with Gasteiger partial charge >= 0.3 is 5.97 Å². The zero-order valence-electron chi connectivity index (χ0n) is 26.8. The van der Waals surface area contributed by atoms with Gasteiger partial charge in [-0.05, 0) is 48.6 Å². The van der Waals surface area contributed by atoms with Gasteiger partial charge in [-0.1, -0.05) is 128 Å². The lowest BCUT2D eigenvalue weighted by Crippen LogP contribution is -2.46. The highest BCUT2D eigenvalue weighted by Gasteiger charge is 2.49. The molecule has 47 heavy (non-hydrogen) atoms. The average molecular weight is 628 g/mol. The number of esters is 1. The Labute approximate surface area is 276 Å². The van der Waals surface area contributed by atoms with Crippen LogP contribution in [0.2, 0.25) is 0 Å². The molecule has 4 aromatic rings.